The van der Waals surface area contributed by atoms with Crippen LogP contribution in [0.2, 0.25) is 0 Å². The van der Waals surface area contributed by atoms with Gasteiger partial charge in [0.1, 0.15) is 5.82 Å². The molecule has 25 heavy (non-hydrogen) atoms. The second-order valence-electron chi connectivity index (χ2n) is 6.94. The van der Waals surface area contributed by atoms with E-state index in [2.05, 4.69) is 67.6 Å². The summed E-state index contributed by atoms with van der Waals surface area (Å²) < 4.78 is 2.22. The maximum atomic E-state index is 5.48. The molecule has 0 spiro atoms. The molecule has 2 nitrogen and oxygen atoms in total. The smallest absolute Gasteiger partial charge is 0.144 e. The van der Waals surface area contributed by atoms with Crippen LogP contribution >= 0.6 is 0 Å². The second-order valence-corrected chi connectivity index (χ2v) is 6.94. The van der Waals surface area contributed by atoms with Gasteiger partial charge in [-0.2, -0.15) is 0 Å². The lowest BCUT2D eigenvalue weighted by Crippen LogP contribution is -2.07. The standard InChI is InChI=1S/C23H24N2/c1-6-18-10-12-19(13-11-18)23-24-14-15-25(23)22-20(16(2)3)8-7-9-21(22)17(4)5/h1,7-17H,2-5H3. The summed E-state index contributed by atoms with van der Waals surface area (Å²) in [6.45, 7) is 8.95. The van der Waals surface area contributed by atoms with Crippen molar-refractivity contribution < 1.29 is 0 Å². The number of aromatic nitrogens is 2. The Kier molecular flexibility index (Phi) is 4.76. The zero-order valence-electron chi connectivity index (χ0n) is 15.3. The molecule has 0 fully saturated rings. The van der Waals surface area contributed by atoms with Crippen molar-refractivity contribution in [1.29, 1.82) is 0 Å². The highest BCUT2D eigenvalue weighted by Gasteiger charge is 2.18. The fourth-order valence-electron chi connectivity index (χ4n) is 3.20. The van der Waals surface area contributed by atoms with Crippen LogP contribution in [-0.4, -0.2) is 9.55 Å². The van der Waals surface area contributed by atoms with Crippen molar-refractivity contribution in [2.24, 2.45) is 0 Å². The van der Waals surface area contributed by atoms with Gasteiger partial charge in [0, 0.05) is 23.5 Å². The van der Waals surface area contributed by atoms with Gasteiger partial charge in [-0.25, -0.2) is 4.98 Å². The van der Waals surface area contributed by atoms with Crippen molar-refractivity contribution in [2.75, 3.05) is 0 Å². The van der Waals surface area contributed by atoms with E-state index >= 15 is 0 Å². The molecular weight excluding hydrogens is 304 g/mol. The molecule has 0 N–H and O–H groups in total. The first-order valence-corrected chi connectivity index (χ1v) is 8.76. The first kappa shape index (κ1) is 17.0. The second kappa shape index (κ2) is 6.99. The van der Waals surface area contributed by atoms with E-state index in [1.807, 2.05) is 30.5 Å². The average Bonchev–Trinajstić information content (AvgIpc) is 3.10. The number of nitrogens with zero attached hydrogens (tertiary/aromatic N) is 2. The molecule has 3 aromatic rings. The largest absolute Gasteiger partial charge is 0.299 e. The Morgan fingerprint density at radius 1 is 0.920 bits per heavy atom. The van der Waals surface area contributed by atoms with E-state index in [0.717, 1.165) is 17.0 Å². The third-order valence-electron chi connectivity index (χ3n) is 4.53. The number of benzene rings is 2. The monoisotopic (exact) mass is 328 g/mol. The van der Waals surface area contributed by atoms with Crippen LogP contribution in [0.25, 0.3) is 17.1 Å². The Hall–Kier alpha value is -2.79. The van der Waals surface area contributed by atoms with Gasteiger partial charge in [0.05, 0.1) is 5.69 Å². The summed E-state index contributed by atoms with van der Waals surface area (Å²) >= 11 is 0. The van der Waals surface area contributed by atoms with E-state index in [-0.39, 0.29) is 0 Å². The summed E-state index contributed by atoms with van der Waals surface area (Å²) in [4.78, 5) is 4.63. The fourth-order valence-corrected chi connectivity index (χ4v) is 3.20. The van der Waals surface area contributed by atoms with Crippen molar-refractivity contribution in [3.63, 3.8) is 0 Å². The van der Waals surface area contributed by atoms with Crippen molar-refractivity contribution in [2.45, 2.75) is 39.5 Å². The summed E-state index contributed by atoms with van der Waals surface area (Å²) in [5.74, 6) is 4.49. The van der Waals surface area contributed by atoms with Gasteiger partial charge in [-0.15, -0.1) is 6.42 Å². The number of rotatable bonds is 4. The SMILES string of the molecule is C#Cc1ccc(-c2nccn2-c2c(C(C)C)cccc2C(C)C)cc1. The van der Waals surface area contributed by atoms with E-state index in [1.54, 1.807) is 0 Å². The molecule has 0 unspecified atom stereocenters. The molecule has 0 aliphatic carbocycles. The summed E-state index contributed by atoms with van der Waals surface area (Å²) in [7, 11) is 0. The minimum absolute atomic E-state index is 0.438. The molecule has 2 heteroatoms. The maximum Gasteiger partial charge on any atom is 0.144 e. The highest BCUT2D eigenvalue weighted by atomic mass is 15.1. The van der Waals surface area contributed by atoms with E-state index < -0.39 is 0 Å². The van der Waals surface area contributed by atoms with Gasteiger partial charge in [0.25, 0.3) is 0 Å². The molecule has 0 saturated carbocycles. The summed E-state index contributed by atoms with van der Waals surface area (Å²) in [6, 6.07) is 14.6. The van der Waals surface area contributed by atoms with Crippen molar-refractivity contribution in [1.82, 2.24) is 9.55 Å². The van der Waals surface area contributed by atoms with Crippen molar-refractivity contribution in [3.8, 4) is 29.4 Å². The van der Waals surface area contributed by atoms with Crippen LogP contribution in [0.15, 0.2) is 54.9 Å². The normalized spacial score (nSPS) is 11.1. The van der Waals surface area contributed by atoms with Gasteiger partial charge in [0.15, 0.2) is 0 Å². The maximum absolute atomic E-state index is 5.48. The average molecular weight is 328 g/mol. The third-order valence-corrected chi connectivity index (χ3v) is 4.53. The molecule has 0 aliphatic heterocycles. The molecule has 1 heterocycles. The molecule has 0 bridgehead atoms. The zero-order valence-corrected chi connectivity index (χ0v) is 15.3. The Morgan fingerprint density at radius 2 is 1.52 bits per heavy atom. The molecular formula is C23H24N2. The zero-order chi connectivity index (χ0) is 18.0. The first-order chi connectivity index (χ1) is 12.0. The highest BCUT2D eigenvalue weighted by Crippen LogP contribution is 2.33. The lowest BCUT2D eigenvalue weighted by molar-refractivity contribution is 0.807. The predicted molar refractivity (Wildman–Crippen MR) is 105 cm³/mol. The van der Waals surface area contributed by atoms with Crippen LogP contribution in [0.4, 0.5) is 0 Å². The van der Waals surface area contributed by atoms with Gasteiger partial charge in [-0.1, -0.05) is 63.9 Å². The number of imidazole rings is 1. The number of hydrogen-bond acceptors (Lipinski definition) is 1. The van der Waals surface area contributed by atoms with Gasteiger partial charge in [0.2, 0.25) is 0 Å². The van der Waals surface area contributed by atoms with Gasteiger partial charge < -0.3 is 0 Å². The van der Waals surface area contributed by atoms with Crippen LogP contribution in [0.1, 0.15) is 56.2 Å². The lowest BCUT2D eigenvalue weighted by atomic mass is 9.92. The van der Waals surface area contributed by atoms with Crippen LogP contribution in [0.3, 0.4) is 0 Å². The van der Waals surface area contributed by atoms with Crippen molar-refractivity contribution >= 4 is 0 Å². The van der Waals surface area contributed by atoms with Crippen LogP contribution in [0, 0.1) is 12.3 Å². The van der Waals surface area contributed by atoms with E-state index in [9.17, 15) is 0 Å². The highest BCUT2D eigenvalue weighted by molar-refractivity contribution is 5.63. The quantitative estimate of drug-likeness (QED) is 0.556. The molecule has 0 radical (unpaired) electrons. The number of hydrogen-bond donors (Lipinski definition) is 0. The molecule has 3 rings (SSSR count). The first-order valence-electron chi connectivity index (χ1n) is 8.76. The van der Waals surface area contributed by atoms with Crippen LogP contribution in [0.5, 0.6) is 0 Å². The van der Waals surface area contributed by atoms with Gasteiger partial charge >= 0.3 is 0 Å². The van der Waals surface area contributed by atoms with Gasteiger partial charge in [-0.05, 0) is 35.1 Å². The Balaban J connectivity index is 2.22. The van der Waals surface area contributed by atoms with E-state index in [1.165, 1.54) is 16.8 Å². The third kappa shape index (κ3) is 3.23. The number of terminal acetylenes is 1. The Bertz CT molecular complexity index is 880. The van der Waals surface area contributed by atoms with E-state index in [0.29, 0.717) is 11.8 Å². The molecule has 0 saturated heterocycles. The summed E-state index contributed by atoms with van der Waals surface area (Å²) in [5.41, 5.74) is 5.88. The van der Waals surface area contributed by atoms with Gasteiger partial charge in [-0.3, -0.25) is 4.57 Å². The summed E-state index contributed by atoms with van der Waals surface area (Å²) in [6.07, 6.45) is 9.39. The van der Waals surface area contributed by atoms with Crippen molar-refractivity contribution in [3.05, 3.63) is 71.5 Å². The van der Waals surface area contributed by atoms with Crippen LogP contribution in [-0.2, 0) is 0 Å². The lowest BCUT2D eigenvalue weighted by Gasteiger charge is -2.21. The topological polar surface area (TPSA) is 17.8 Å². The molecule has 0 aliphatic rings. The molecule has 2 aromatic carbocycles. The van der Waals surface area contributed by atoms with Crippen LogP contribution < -0.4 is 0 Å². The number of para-hydroxylation sites is 1. The summed E-state index contributed by atoms with van der Waals surface area (Å²) in [5, 5.41) is 0. The predicted octanol–water partition coefficient (Wildman–Crippen LogP) is 5.77. The molecule has 1 aromatic heterocycles. The minimum Gasteiger partial charge on any atom is -0.299 e. The fraction of sp³-hybridized carbons (Fsp3) is 0.261. The molecule has 126 valence electrons. The van der Waals surface area contributed by atoms with E-state index in [4.69, 9.17) is 6.42 Å². The molecule has 0 atom stereocenters. The minimum atomic E-state index is 0.438. The Labute approximate surface area is 150 Å². The Morgan fingerprint density at radius 3 is 2.04 bits per heavy atom. The molecule has 0 amide bonds.